The Morgan fingerprint density at radius 1 is 1.38 bits per heavy atom. The van der Waals surface area contributed by atoms with Gasteiger partial charge >= 0.3 is 0 Å². The third kappa shape index (κ3) is 2.50. The molecule has 1 aromatic carbocycles. The molecule has 1 heterocycles. The van der Waals surface area contributed by atoms with E-state index in [2.05, 4.69) is 47.5 Å². The summed E-state index contributed by atoms with van der Waals surface area (Å²) in [5.41, 5.74) is 1.87. The van der Waals surface area contributed by atoms with Crippen molar-refractivity contribution in [2.24, 2.45) is 0 Å². The Labute approximate surface area is 110 Å². The van der Waals surface area contributed by atoms with E-state index in [9.17, 15) is 0 Å². The molecule has 0 spiro atoms. The van der Waals surface area contributed by atoms with Gasteiger partial charge in [-0.3, -0.25) is 0 Å². The lowest BCUT2D eigenvalue weighted by Gasteiger charge is -2.03. The van der Waals surface area contributed by atoms with Gasteiger partial charge < -0.3 is 5.32 Å². The zero-order chi connectivity index (χ0) is 11.5. The minimum absolute atomic E-state index is 0.714. The van der Waals surface area contributed by atoms with Gasteiger partial charge in [0, 0.05) is 15.5 Å². The first-order chi connectivity index (χ1) is 7.70. The summed E-state index contributed by atoms with van der Waals surface area (Å²) in [5, 5.41) is 11.2. The van der Waals surface area contributed by atoms with Crippen LogP contribution in [0.3, 0.4) is 0 Å². The van der Waals surface area contributed by atoms with Crippen LogP contribution in [0.1, 0.15) is 5.69 Å². The van der Waals surface area contributed by atoms with E-state index in [0.717, 1.165) is 20.3 Å². The Hall–Kier alpha value is -0.720. The Morgan fingerprint density at radius 3 is 2.94 bits per heavy atom. The molecule has 0 bridgehead atoms. The number of nitrogens with zero attached hydrogens (tertiary/aromatic N) is 3. The number of rotatable bonds is 3. The lowest BCUT2D eigenvalue weighted by atomic mass is 10.3. The fraction of sp³-hybridized carbons (Fsp3) is 0.200. The van der Waals surface area contributed by atoms with Crippen molar-refractivity contribution in [2.45, 2.75) is 6.54 Å². The van der Waals surface area contributed by atoms with Crippen LogP contribution in [-0.4, -0.2) is 22.0 Å². The van der Waals surface area contributed by atoms with Gasteiger partial charge in [0.2, 0.25) is 0 Å². The second kappa shape index (κ2) is 5.07. The Bertz CT molecular complexity index is 495. The lowest BCUT2D eigenvalue weighted by molar-refractivity contribution is 0.766. The molecule has 1 aromatic heterocycles. The lowest BCUT2D eigenvalue weighted by Crippen LogP contribution is -2.05. The van der Waals surface area contributed by atoms with Gasteiger partial charge in [0.15, 0.2) is 0 Å². The van der Waals surface area contributed by atoms with Crippen molar-refractivity contribution in [1.29, 1.82) is 0 Å². The molecule has 0 saturated heterocycles. The van der Waals surface area contributed by atoms with Gasteiger partial charge in [0.25, 0.3) is 0 Å². The highest BCUT2D eigenvalue weighted by molar-refractivity contribution is 9.11. The van der Waals surface area contributed by atoms with Crippen molar-refractivity contribution in [1.82, 2.24) is 20.3 Å². The normalized spacial score (nSPS) is 10.7. The molecule has 84 valence electrons. The zero-order valence-electron chi connectivity index (χ0n) is 8.61. The Balaban J connectivity index is 2.38. The summed E-state index contributed by atoms with van der Waals surface area (Å²) in [6, 6.07) is 5.93. The molecule has 0 aliphatic rings. The highest BCUT2D eigenvalue weighted by Gasteiger charge is 2.06. The van der Waals surface area contributed by atoms with E-state index >= 15 is 0 Å². The molecule has 0 fully saturated rings. The second-order valence-electron chi connectivity index (χ2n) is 3.28. The summed E-state index contributed by atoms with van der Waals surface area (Å²) in [6.07, 6.45) is 1.91. The summed E-state index contributed by atoms with van der Waals surface area (Å²) in [6.45, 7) is 0.714. The van der Waals surface area contributed by atoms with E-state index < -0.39 is 0 Å². The van der Waals surface area contributed by atoms with Crippen molar-refractivity contribution in [3.05, 3.63) is 39.0 Å². The van der Waals surface area contributed by atoms with Gasteiger partial charge in [0.1, 0.15) is 0 Å². The van der Waals surface area contributed by atoms with Crippen LogP contribution in [-0.2, 0) is 6.54 Å². The molecule has 4 nitrogen and oxygen atoms in total. The molecule has 0 unspecified atom stereocenters. The average Bonchev–Trinajstić information content (AvgIpc) is 2.71. The van der Waals surface area contributed by atoms with Gasteiger partial charge in [-0.2, -0.15) is 0 Å². The first-order valence-corrected chi connectivity index (χ1v) is 6.30. The van der Waals surface area contributed by atoms with Gasteiger partial charge in [-0.05, 0) is 41.2 Å². The van der Waals surface area contributed by atoms with Crippen LogP contribution in [0.25, 0.3) is 5.69 Å². The third-order valence-corrected chi connectivity index (χ3v) is 3.22. The Kier molecular flexibility index (Phi) is 3.73. The largest absolute Gasteiger partial charge is 0.314 e. The maximum atomic E-state index is 4.08. The highest BCUT2D eigenvalue weighted by atomic mass is 79.9. The van der Waals surface area contributed by atoms with Gasteiger partial charge in [-0.1, -0.05) is 21.1 Å². The minimum atomic E-state index is 0.714. The van der Waals surface area contributed by atoms with Crippen molar-refractivity contribution < 1.29 is 0 Å². The van der Waals surface area contributed by atoms with E-state index in [1.165, 1.54) is 0 Å². The van der Waals surface area contributed by atoms with E-state index in [-0.39, 0.29) is 0 Å². The molecule has 0 amide bonds. The SMILES string of the molecule is CNCc1cn(-c2cc(Br)ccc2Br)nn1. The maximum Gasteiger partial charge on any atom is 0.0969 e. The van der Waals surface area contributed by atoms with Crippen LogP contribution < -0.4 is 5.32 Å². The zero-order valence-corrected chi connectivity index (χ0v) is 11.8. The van der Waals surface area contributed by atoms with Crippen molar-refractivity contribution in [3.8, 4) is 5.69 Å². The summed E-state index contributed by atoms with van der Waals surface area (Å²) < 4.78 is 3.74. The minimum Gasteiger partial charge on any atom is -0.314 e. The van der Waals surface area contributed by atoms with Crippen LogP contribution in [0, 0.1) is 0 Å². The van der Waals surface area contributed by atoms with Crippen LogP contribution in [0.4, 0.5) is 0 Å². The molecule has 0 aliphatic heterocycles. The molecule has 2 rings (SSSR count). The first kappa shape index (κ1) is 11.8. The van der Waals surface area contributed by atoms with Crippen molar-refractivity contribution in [3.63, 3.8) is 0 Å². The molecule has 0 saturated carbocycles. The monoisotopic (exact) mass is 344 g/mol. The van der Waals surface area contributed by atoms with Crippen LogP contribution in [0.2, 0.25) is 0 Å². The fourth-order valence-electron chi connectivity index (χ4n) is 1.34. The van der Waals surface area contributed by atoms with E-state index in [0.29, 0.717) is 6.54 Å². The summed E-state index contributed by atoms with van der Waals surface area (Å²) in [5.74, 6) is 0. The first-order valence-electron chi connectivity index (χ1n) is 4.72. The topological polar surface area (TPSA) is 42.7 Å². The molecule has 2 aromatic rings. The van der Waals surface area contributed by atoms with E-state index in [1.54, 1.807) is 4.68 Å². The van der Waals surface area contributed by atoms with E-state index in [1.807, 2.05) is 31.4 Å². The number of aromatic nitrogens is 3. The van der Waals surface area contributed by atoms with Crippen LogP contribution in [0.15, 0.2) is 33.3 Å². The summed E-state index contributed by atoms with van der Waals surface area (Å²) in [7, 11) is 1.88. The van der Waals surface area contributed by atoms with E-state index in [4.69, 9.17) is 0 Å². The second-order valence-corrected chi connectivity index (χ2v) is 5.05. The van der Waals surface area contributed by atoms with Gasteiger partial charge in [-0.15, -0.1) is 5.10 Å². The van der Waals surface area contributed by atoms with Crippen LogP contribution >= 0.6 is 31.9 Å². The quantitative estimate of drug-likeness (QED) is 0.929. The number of hydrogen-bond acceptors (Lipinski definition) is 3. The Morgan fingerprint density at radius 2 is 2.19 bits per heavy atom. The number of hydrogen-bond donors (Lipinski definition) is 1. The molecule has 1 N–H and O–H groups in total. The summed E-state index contributed by atoms with van der Waals surface area (Å²) in [4.78, 5) is 0. The average molecular weight is 346 g/mol. The third-order valence-electron chi connectivity index (χ3n) is 2.05. The molecular weight excluding hydrogens is 336 g/mol. The highest BCUT2D eigenvalue weighted by Crippen LogP contribution is 2.24. The van der Waals surface area contributed by atoms with Crippen molar-refractivity contribution >= 4 is 31.9 Å². The molecule has 16 heavy (non-hydrogen) atoms. The number of halogens is 2. The number of nitrogens with one attached hydrogen (secondary N) is 1. The molecule has 0 aliphatic carbocycles. The number of benzene rings is 1. The molecular formula is C10H10Br2N4. The standard InChI is InChI=1S/C10H10Br2N4/c1-13-5-8-6-16(15-14-8)10-4-7(11)2-3-9(10)12/h2-4,6,13H,5H2,1H3. The predicted molar refractivity (Wildman–Crippen MR) is 69.5 cm³/mol. The molecule has 6 heteroatoms. The summed E-state index contributed by atoms with van der Waals surface area (Å²) >= 11 is 6.93. The fourth-order valence-corrected chi connectivity index (χ4v) is 2.12. The van der Waals surface area contributed by atoms with Crippen molar-refractivity contribution in [2.75, 3.05) is 7.05 Å². The van der Waals surface area contributed by atoms with Crippen LogP contribution in [0.5, 0.6) is 0 Å². The predicted octanol–water partition coefficient (Wildman–Crippen LogP) is 2.51. The van der Waals surface area contributed by atoms with Gasteiger partial charge in [0.05, 0.1) is 17.6 Å². The molecule has 0 atom stereocenters. The van der Waals surface area contributed by atoms with Gasteiger partial charge in [-0.25, -0.2) is 4.68 Å². The maximum absolute atomic E-state index is 4.08. The molecule has 0 radical (unpaired) electrons. The smallest absolute Gasteiger partial charge is 0.0969 e.